The molecule has 0 amide bonds. The molecule has 0 spiro atoms. The first kappa shape index (κ1) is 14.9. The van der Waals surface area contributed by atoms with Crippen molar-refractivity contribution in [2.45, 2.75) is 19.6 Å². The third kappa shape index (κ3) is 3.34. The van der Waals surface area contributed by atoms with Crippen LogP contribution in [0.5, 0.6) is 0 Å². The molecule has 1 N–H and O–H groups in total. The lowest BCUT2D eigenvalue weighted by atomic mass is 10.1. The van der Waals surface area contributed by atoms with Crippen molar-refractivity contribution >= 4 is 11.3 Å². The van der Waals surface area contributed by atoms with Gasteiger partial charge in [0.25, 0.3) is 0 Å². The van der Waals surface area contributed by atoms with Gasteiger partial charge in [0.15, 0.2) is 5.01 Å². The van der Waals surface area contributed by atoms with Crippen molar-refractivity contribution in [1.29, 1.82) is 0 Å². The number of rotatable bonds is 4. The van der Waals surface area contributed by atoms with Crippen LogP contribution < -0.4 is 5.32 Å². The third-order valence-corrected chi connectivity index (χ3v) is 3.74. The summed E-state index contributed by atoms with van der Waals surface area (Å²) in [4.78, 5) is 3.73. The van der Waals surface area contributed by atoms with Crippen LogP contribution in [0.3, 0.4) is 0 Å². The van der Waals surface area contributed by atoms with Crippen LogP contribution in [0.15, 0.2) is 24.4 Å². The number of nitrogens with one attached hydrogen (secondary N) is 1. The van der Waals surface area contributed by atoms with Gasteiger partial charge < -0.3 is 5.32 Å². The average molecular weight is 304 g/mol. The fraction of sp³-hybridized carbons (Fsp3) is 0.308. The molecular formula is C13H12F4N2S. The molecule has 0 bridgehead atoms. The van der Waals surface area contributed by atoms with Gasteiger partial charge in [0.2, 0.25) is 0 Å². The number of hydrogen-bond donors (Lipinski definition) is 1. The zero-order valence-corrected chi connectivity index (χ0v) is 11.4. The minimum Gasteiger partial charge on any atom is -0.313 e. The predicted octanol–water partition coefficient (Wildman–Crippen LogP) is 4.08. The Bertz CT molecular complexity index is 592. The monoisotopic (exact) mass is 304 g/mol. The fourth-order valence-corrected chi connectivity index (χ4v) is 2.44. The summed E-state index contributed by atoms with van der Waals surface area (Å²) >= 11 is 0.552. The smallest absolute Gasteiger partial charge is 0.313 e. The molecular weight excluding hydrogens is 292 g/mol. The van der Waals surface area contributed by atoms with E-state index in [0.29, 0.717) is 40.4 Å². The van der Waals surface area contributed by atoms with E-state index in [1.54, 1.807) is 6.07 Å². The molecule has 0 aliphatic rings. The van der Waals surface area contributed by atoms with Crippen LogP contribution >= 0.6 is 11.3 Å². The van der Waals surface area contributed by atoms with E-state index in [2.05, 4.69) is 10.3 Å². The Morgan fingerprint density at radius 3 is 2.65 bits per heavy atom. The van der Waals surface area contributed by atoms with Crippen molar-refractivity contribution in [3.05, 3.63) is 40.8 Å². The van der Waals surface area contributed by atoms with E-state index in [-0.39, 0.29) is 5.82 Å². The molecule has 0 fully saturated rings. The van der Waals surface area contributed by atoms with E-state index in [4.69, 9.17) is 0 Å². The molecule has 1 aromatic heterocycles. The van der Waals surface area contributed by atoms with Gasteiger partial charge in [-0.1, -0.05) is 13.0 Å². The summed E-state index contributed by atoms with van der Waals surface area (Å²) in [5.41, 5.74) is 0.957. The summed E-state index contributed by atoms with van der Waals surface area (Å²) in [7, 11) is 0. The number of alkyl halides is 3. The molecule has 1 aromatic carbocycles. The Morgan fingerprint density at radius 2 is 2.05 bits per heavy atom. The highest BCUT2D eigenvalue weighted by Gasteiger charge is 2.34. The van der Waals surface area contributed by atoms with E-state index < -0.39 is 11.2 Å². The van der Waals surface area contributed by atoms with Gasteiger partial charge in [-0.25, -0.2) is 9.37 Å². The summed E-state index contributed by atoms with van der Waals surface area (Å²) < 4.78 is 51.1. The summed E-state index contributed by atoms with van der Waals surface area (Å²) in [6.07, 6.45) is -3.28. The molecule has 0 aliphatic heterocycles. The van der Waals surface area contributed by atoms with Crippen LogP contribution in [0.25, 0.3) is 10.4 Å². The van der Waals surface area contributed by atoms with Gasteiger partial charge in [0.1, 0.15) is 5.82 Å². The highest BCUT2D eigenvalue weighted by atomic mass is 32.1. The lowest BCUT2D eigenvalue weighted by molar-refractivity contribution is -0.137. The molecule has 2 rings (SSSR count). The molecule has 2 aromatic rings. The van der Waals surface area contributed by atoms with Crippen LogP contribution in [-0.4, -0.2) is 11.5 Å². The minimum atomic E-state index is -4.45. The maximum atomic E-state index is 13.6. The molecule has 0 saturated heterocycles. The van der Waals surface area contributed by atoms with Gasteiger partial charge >= 0.3 is 6.18 Å². The van der Waals surface area contributed by atoms with Crippen molar-refractivity contribution in [2.24, 2.45) is 0 Å². The Balaban J connectivity index is 2.31. The van der Waals surface area contributed by atoms with Crippen LogP contribution in [0.2, 0.25) is 0 Å². The van der Waals surface area contributed by atoms with Crippen LogP contribution in [-0.2, 0) is 12.7 Å². The fourth-order valence-electron chi connectivity index (χ4n) is 1.66. The molecule has 0 radical (unpaired) electrons. The molecule has 108 valence electrons. The molecule has 1 heterocycles. The van der Waals surface area contributed by atoms with Crippen LogP contribution in [0.1, 0.15) is 17.5 Å². The second kappa shape index (κ2) is 5.88. The van der Waals surface area contributed by atoms with Crippen LogP contribution in [0, 0.1) is 5.82 Å². The van der Waals surface area contributed by atoms with Gasteiger partial charge in [0, 0.05) is 18.3 Å². The highest BCUT2D eigenvalue weighted by Crippen LogP contribution is 2.36. The number of thiazole rings is 1. The number of halogens is 4. The van der Waals surface area contributed by atoms with Gasteiger partial charge in [-0.3, -0.25) is 0 Å². The van der Waals surface area contributed by atoms with Crippen molar-refractivity contribution in [3.63, 3.8) is 0 Å². The number of aromatic nitrogens is 1. The standard InChI is InChI=1S/C13H12F4N2S/c1-2-18-6-9-5-8(3-4-10(9)14)11-7-19-12(20-11)13(15,16)17/h3-5,7,18H,2,6H2,1H3. The minimum absolute atomic E-state index is 0.334. The zero-order chi connectivity index (χ0) is 14.8. The normalized spacial score (nSPS) is 11.8. The molecule has 20 heavy (non-hydrogen) atoms. The van der Waals surface area contributed by atoms with Gasteiger partial charge in [-0.15, -0.1) is 11.3 Å². The van der Waals surface area contributed by atoms with Gasteiger partial charge in [0.05, 0.1) is 4.88 Å². The lowest BCUT2D eigenvalue weighted by Crippen LogP contribution is -2.12. The van der Waals surface area contributed by atoms with Crippen molar-refractivity contribution < 1.29 is 17.6 Å². The Labute approximate surface area is 117 Å². The predicted molar refractivity (Wildman–Crippen MR) is 69.9 cm³/mol. The van der Waals surface area contributed by atoms with E-state index in [9.17, 15) is 17.6 Å². The molecule has 7 heteroatoms. The SMILES string of the molecule is CCNCc1cc(-c2cnc(C(F)(F)F)s2)ccc1F. The third-order valence-electron chi connectivity index (χ3n) is 2.64. The number of nitrogens with zero attached hydrogens (tertiary/aromatic N) is 1. The van der Waals surface area contributed by atoms with E-state index in [1.807, 2.05) is 6.92 Å². The maximum absolute atomic E-state index is 13.6. The first-order chi connectivity index (χ1) is 9.41. The second-order valence-corrected chi connectivity index (χ2v) is 5.14. The number of hydrogen-bond acceptors (Lipinski definition) is 3. The van der Waals surface area contributed by atoms with Gasteiger partial charge in [-0.2, -0.15) is 13.2 Å². The van der Waals surface area contributed by atoms with Gasteiger partial charge in [-0.05, 0) is 24.2 Å². The van der Waals surface area contributed by atoms with Crippen molar-refractivity contribution in [1.82, 2.24) is 10.3 Å². The summed E-state index contributed by atoms with van der Waals surface area (Å²) in [5.74, 6) is -0.379. The molecule has 0 unspecified atom stereocenters. The number of benzene rings is 1. The van der Waals surface area contributed by atoms with Crippen LogP contribution in [0.4, 0.5) is 17.6 Å². The molecule has 2 nitrogen and oxygen atoms in total. The lowest BCUT2D eigenvalue weighted by Gasteiger charge is -2.06. The maximum Gasteiger partial charge on any atom is 0.443 e. The molecule has 0 aliphatic carbocycles. The summed E-state index contributed by atoms with van der Waals surface area (Å²) in [5, 5.41) is 2.08. The van der Waals surface area contributed by atoms with Crippen molar-refractivity contribution in [3.8, 4) is 10.4 Å². The zero-order valence-electron chi connectivity index (χ0n) is 10.6. The molecule has 0 atom stereocenters. The Hall–Kier alpha value is -1.47. The average Bonchev–Trinajstić information content (AvgIpc) is 2.87. The molecule has 0 saturated carbocycles. The van der Waals surface area contributed by atoms with E-state index in [0.717, 1.165) is 6.20 Å². The Morgan fingerprint density at radius 1 is 1.30 bits per heavy atom. The Kier molecular flexibility index (Phi) is 4.39. The van der Waals surface area contributed by atoms with E-state index in [1.165, 1.54) is 12.1 Å². The summed E-state index contributed by atoms with van der Waals surface area (Å²) in [6.45, 7) is 2.91. The van der Waals surface area contributed by atoms with E-state index >= 15 is 0 Å². The van der Waals surface area contributed by atoms with Crippen molar-refractivity contribution in [2.75, 3.05) is 6.54 Å². The second-order valence-electron chi connectivity index (χ2n) is 4.11. The largest absolute Gasteiger partial charge is 0.443 e. The first-order valence-electron chi connectivity index (χ1n) is 5.94. The topological polar surface area (TPSA) is 24.9 Å². The highest BCUT2D eigenvalue weighted by molar-refractivity contribution is 7.15. The quantitative estimate of drug-likeness (QED) is 0.861. The summed E-state index contributed by atoms with van der Waals surface area (Å²) in [6, 6.07) is 4.26. The first-order valence-corrected chi connectivity index (χ1v) is 6.76.